The quantitative estimate of drug-likeness (QED) is 0.497. The molecule has 1 N–H and O–H groups in total. The van der Waals surface area contributed by atoms with E-state index in [0.29, 0.717) is 35.2 Å². The smallest absolute Gasteiger partial charge is 0.262 e. The van der Waals surface area contributed by atoms with Crippen LogP contribution in [0.25, 0.3) is 12.2 Å². The zero-order chi connectivity index (χ0) is 22.1. The summed E-state index contributed by atoms with van der Waals surface area (Å²) in [7, 11) is 1.62. The molecular formula is C24H26N2O5. The Morgan fingerprint density at radius 1 is 1.06 bits per heavy atom. The minimum Gasteiger partial charge on any atom is -0.497 e. The second-order valence-corrected chi connectivity index (χ2v) is 6.74. The number of hydrogen-bond acceptors (Lipinski definition) is 6. The number of amides is 1. The number of anilines is 1. The molecule has 0 aliphatic carbocycles. The zero-order valence-corrected chi connectivity index (χ0v) is 17.9. The molecule has 0 atom stereocenters. The van der Waals surface area contributed by atoms with E-state index in [0.717, 1.165) is 17.7 Å². The third-order valence-corrected chi connectivity index (χ3v) is 4.37. The molecule has 3 aromatic rings. The van der Waals surface area contributed by atoms with Gasteiger partial charge in [0.05, 0.1) is 13.7 Å². The molecule has 1 heterocycles. The van der Waals surface area contributed by atoms with E-state index in [1.165, 1.54) is 0 Å². The average molecular weight is 422 g/mol. The molecule has 0 aliphatic heterocycles. The normalized spacial score (nSPS) is 10.8. The first kappa shape index (κ1) is 22.0. The third-order valence-electron chi connectivity index (χ3n) is 4.37. The van der Waals surface area contributed by atoms with Crippen LogP contribution in [0.2, 0.25) is 0 Å². The predicted molar refractivity (Wildman–Crippen MR) is 120 cm³/mol. The molecule has 162 valence electrons. The SMILES string of the molecule is CCCOc1ccccc1OCC(=O)Nc1c(C=Cc2ccc(OC)cc2)noc1C. The molecule has 1 aromatic heterocycles. The van der Waals surface area contributed by atoms with E-state index >= 15 is 0 Å². The van der Waals surface area contributed by atoms with Crippen molar-refractivity contribution in [2.45, 2.75) is 20.3 Å². The van der Waals surface area contributed by atoms with Crippen molar-refractivity contribution in [3.05, 3.63) is 65.5 Å². The monoisotopic (exact) mass is 422 g/mol. The highest BCUT2D eigenvalue weighted by atomic mass is 16.5. The van der Waals surface area contributed by atoms with Crippen LogP contribution in [0.4, 0.5) is 5.69 Å². The average Bonchev–Trinajstić information content (AvgIpc) is 3.14. The van der Waals surface area contributed by atoms with Crippen molar-refractivity contribution < 1.29 is 23.5 Å². The van der Waals surface area contributed by atoms with Gasteiger partial charge in [-0.25, -0.2) is 0 Å². The highest BCUT2D eigenvalue weighted by molar-refractivity contribution is 5.94. The molecule has 0 bridgehead atoms. The lowest BCUT2D eigenvalue weighted by Crippen LogP contribution is -2.21. The lowest BCUT2D eigenvalue weighted by Gasteiger charge is -2.12. The topological polar surface area (TPSA) is 82.8 Å². The number of aryl methyl sites for hydroxylation is 1. The molecule has 0 saturated heterocycles. The van der Waals surface area contributed by atoms with Gasteiger partial charge in [0.25, 0.3) is 5.91 Å². The van der Waals surface area contributed by atoms with Gasteiger partial charge < -0.3 is 24.1 Å². The van der Waals surface area contributed by atoms with Crippen molar-refractivity contribution in [3.8, 4) is 17.2 Å². The van der Waals surface area contributed by atoms with Gasteiger partial charge >= 0.3 is 0 Å². The van der Waals surface area contributed by atoms with E-state index < -0.39 is 0 Å². The van der Waals surface area contributed by atoms with E-state index in [1.807, 2.05) is 55.5 Å². The number of hydrogen-bond donors (Lipinski definition) is 1. The van der Waals surface area contributed by atoms with Crippen LogP contribution in [-0.2, 0) is 4.79 Å². The first-order valence-electron chi connectivity index (χ1n) is 10.0. The number of aromatic nitrogens is 1. The highest BCUT2D eigenvalue weighted by Crippen LogP contribution is 2.27. The summed E-state index contributed by atoms with van der Waals surface area (Å²) in [5.74, 6) is 2.10. The van der Waals surface area contributed by atoms with Gasteiger partial charge in [-0.3, -0.25) is 4.79 Å². The molecule has 0 fully saturated rings. The Bertz CT molecular complexity index is 1020. The van der Waals surface area contributed by atoms with Crippen LogP contribution >= 0.6 is 0 Å². The number of ether oxygens (including phenoxy) is 3. The summed E-state index contributed by atoms with van der Waals surface area (Å²) in [5, 5.41) is 6.84. The number of nitrogens with one attached hydrogen (secondary N) is 1. The summed E-state index contributed by atoms with van der Waals surface area (Å²) < 4.78 is 21.7. The van der Waals surface area contributed by atoms with E-state index in [1.54, 1.807) is 26.2 Å². The Balaban J connectivity index is 1.63. The van der Waals surface area contributed by atoms with Crippen molar-refractivity contribution in [1.82, 2.24) is 5.16 Å². The first-order valence-corrected chi connectivity index (χ1v) is 10.0. The first-order chi connectivity index (χ1) is 15.1. The maximum Gasteiger partial charge on any atom is 0.262 e. The van der Waals surface area contributed by atoms with Gasteiger partial charge in [0.2, 0.25) is 0 Å². The third kappa shape index (κ3) is 6.12. The summed E-state index contributed by atoms with van der Waals surface area (Å²) in [4.78, 5) is 12.5. The maximum atomic E-state index is 12.5. The van der Waals surface area contributed by atoms with Crippen LogP contribution in [0, 0.1) is 6.92 Å². The molecular weight excluding hydrogens is 396 g/mol. The number of methoxy groups -OCH3 is 1. The molecule has 31 heavy (non-hydrogen) atoms. The minimum absolute atomic E-state index is 0.168. The molecule has 0 unspecified atom stereocenters. The molecule has 0 radical (unpaired) electrons. The number of benzene rings is 2. The summed E-state index contributed by atoms with van der Waals surface area (Å²) >= 11 is 0. The molecule has 2 aromatic carbocycles. The fourth-order valence-electron chi connectivity index (χ4n) is 2.76. The number of carbonyl (C=O) groups is 1. The van der Waals surface area contributed by atoms with Gasteiger partial charge in [-0.05, 0) is 49.2 Å². The standard InChI is InChI=1S/C24H26N2O5/c1-4-15-29-21-7-5-6-8-22(21)30-16-23(27)25-24-17(2)31-26-20(24)14-11-18-9-12-19(28-3)13-10-18/h5-14H,4,15-16H2,1-3H3,(H,25,27). The molecule has 1 amide bonds. The summed E-state index contributed by atoms with van der Waals surface area (Å²) in [6.45, 7) is 4.18. The van der Waals surface area contributed by atoms with Crippen LogP contribution in [-0.4, -0.2) is 31.4 Å². The van der Waals surface area contributed by atoms with Crippen LogP contribution in [0.1, 0.15) is 30.4 Å². The van der Waals surface area contributed by atoms with Gasteiger partial charge in [-0.2, -0.15) is 0 Å². The Labute approximate surface area is 181 Å². The molecule has 0 aliphatic rings. The number of nitrogens with zero attached hydrogens (tertiary/aromatic N) is 1. The van der Waals surface area contributed by atoms with E-state index in [2.05, 4.69) is 10.5 Å². The Morgan fingerprint density at radius 3 is 2.45 bits per heavy atom. The largest absolute Gasteiger partial charge is 0.497 e. The summed E-state index contributed by atoms with van der Waals surface area (Å²) in [5.41, 5.74) is 1.99. The van der Waals surface area contributed by atoms with E-state index in [4.69, 9.17) is 18.7 Å². The molecule has 0 saturated carbocycles. The number of carbonyl (C=O) groups excluding carboxylic acids is 1. The summed E-state index contributed by atoms with van der Waals surface area (Å²) in [6.07, 6.45) is 4.54. The molecule has 3 rings (SSSR count). The summed E-state index contributed by atoms with van der Waals surface area (Å²) in [6, 6.07) is 14.9. The zero-order valence-electron chi connectivity index (χ0n) is 17.9. The van der Waals surface area contributed by atoms with Crippen molar-refractivity contribution in [2.24, 2.45) is 0 Å². The fraction of sp³-hybridized carbons (Fsp3) is 0.250. The van der Waals surface area contributed by atoms with Crippen LogP contribution < -0.4 is 19.5 Å². The van der Waals surface area contributed by atoms with Crippen molar-refractivity contribution in [2.75, 3.05) is 25.6 Å². The van der Waals surface area contributed by atoms with Crippen LogP contribution in [0.3, 0.4) is 0 Å². The molecule has 0 spiro atoms. The van der Waals surface area contributed by atoms with Gasteiger partial charge in [0.15, 0.2) is 23.9 Å². The molecule has 7 nitrogen and oxygen atoms in total. The fourth-order valence-corrected chi connectivity index (χ4v) is 2.76. The molecule has 7 heteroatoms. The van der Waals surface area contributed by atoms with Gasteiger partial charge in [-0.1, -0.05) is 42.4 Å². The van der Waals surface area contributed by atoms with Gasteiger partial charge in [0, 0.05) is 0 Å². The second kappa shape index (κ2) is 10.9. The minimum atomic E-state index is -0.323. The van der Waals surface area contributed by atoms with Crippen molar-refractivity contribution in [1.29, 1.82) is 0 Å². The highest BCUT2D eigenvalue weighted by Gasteiger charge is 2.15. The number of para-hydroxylation sites is 2. The lowest BCUT2D eigenvalue weighted by atomic mass is 10.2. The maximum absolute atomic E-state index is 12.5. The van der Waals surface area contributed by atoms with E-state index in [-0.39, 0.29) is 12.5 Å². The Morgan fingerprint density at radius 2 is 1.77 bits per heavy atom. The lowest BCUT2D eigenvalue weighted by molar-refractivity contribution is -0.118. The van der Waals surface area contributed by atoms with Crippen molar-refractivity contribution >= 4 is 23.7 Å². The van der Waals surface area contributed by atoms with Gasteiger partial charge in [0.1, 0.15) is 17.1 Å². The second-order valence-electron chi connectivity index (χ2n) is 6.74. The number of rotatable bonds is 10. The van der Waals surface area contributed by atoms with E-state index in [9.17, 15) is 4.79 Å². The van der Waals surface area contributed by atoms with Gasteiger partial charge in [-0.15, -0.1) is 0 Å². The Kier molecular flexibility index (Phi) is 7.70. The van der Waals surface area contributed by atoms with Crippen LogP contribution in [0.15, 0.2) is 53.1 Å². The predicted octanol–water partition coefficient (Wildman–Crippen LogP) is 4.97. The Hall–Kier alpha value is -3.74. The van der Waals surface area contributed by atoms with Crippen molar-refractivity contribution in [3.63, 3.8) is 0 Å². The van der Waals surface area contributed by atoms with Crippen LogP contribution in [0.5, 0.6) is 17.2 Å².